The summed E-state index contributed by atoms with van der Waals surface area (Å²) >= 11 is 0. The summed E-state index contributed by atoms with van der Waals surface area (Å²) in [5.41, 5.74) is 0.957. The van der Waals surface area contributed by atoms with Crippen LogP contribution in [0.5, 0.6) is 5.88 Å². The van der Waals surface area contributed by atoms with Crippen molar-refractivity contribution in [2.24, 2.45) is 10.2 Å². The highest BCUT2D eigenvalue weighted by molar-refractivity contribution is 5.79. The fourth-order valence-electron chi connectivity index (χ4n) is 2.97. The summed E-state index contributed by atoms with van der Waals surface area (Å²) in [6.45, 7) is 1.51. The molecule has 2 aromatic heterocycles. The van der Waals surface area contributed by atoms with Gasteiger partial charge in [0, 0.05) is 11.1 Å². The fraction of sp³-hybridized carbons (Fsp3) is 0.0476. The summed E-state index contributed by atoms with van der Waals surface area (Å²) in [6, 6.07) is 15.6. The minimum atomic E-state index is -0.651. The first-order chi connectivity index (χ1) is 14.5. The van der Waals surface area contributed by atoms with E-state index >= 15 is 0 Å². The van der Waals surface area contributed by atoms with E-state index in [9.17, 15) is 14.7 Å². The van der Waals surface area contributed by atoms with Crippen molar-refractivity contribution in [3.8, 4) is 23.3 Å². The summed E-state index contributed by atoms with van der Waals surface area (Å²) < 4.78 is 0. The molecule has 0 unspecified atom stereocenters. The Morgan fingerprint density at radius 2 is 1.73 bits per heavy atom. The predicted molar refractivity (Wildman–Crippen MR) is 110 cm³/mol. The maximum atomic E-state index is 12.2. The third-order valence-electron chi connectivity index (χ3n) is 4.54. The van der Waals surface area contributed by atoms with Crippen LogP contribution in [0.25, 0.3) is 22.3 Å². The normalized spacial score (nSPS) is 11.1. The molecule has 0 atom stereocenters. The van der Waals surface area contributed by atoms with Gasteiger partial charge in [0.2, 0.25) is 5.88 Å². The van der Waals surface area contributed by atoms with Crippen LogP contribution < -0.4 is 11.1 Å². The average molecular weight is 398 g/mol. The molecule has 0 aliphatic carbocycles. The topological polar surface area (TPSA) is 147 Å². The average Bonchev–Trinajstić information content (AvgIpc) is 2.74. The van der Waals surface area contributed by atoms with Gasteiger partial charge in [0.25, 0.3) is 11.1 Å². The smallest absolute Gasteiger partial charge is 0.278 e. The number of nitriles is 1. The van der Waals surface area contributed by atoms with Crippen LogP contribution >= 0.6 is 0 Å². The van der Waals surface area contributed by atoms with E-state index in [1.165, 1.54) is 6.92 Å². The molecule has 0 aliphatic rings. The highest BCUT2D eigenvalue weighted by Gasteiger charge is 2.13. The van der Waals surface area contributed by atoms with Crippen LogP contribution in [-0.4, -0.2) is 20.1 Å². The molecule has 146 valence electrons. The number of rotatable bonds is 3. The maximum absolute atomic E-state index is 12.2. The zero-order valence-electron chi connectivity index (χ0n) is 15.7. The largest absolute Gasteiger partial charge is 0.494 e. The molecular weight excluding hydrogens is 384 g/mol. The quantitative estimate of drug-likeness (QED) is 0.451. The number of para-hydroxylation sites is 1. The Balaban J connectivity index is 1.67. The Bertz CT molecular complexity index is 1460. The molecule has 3 N–H and O–H groups in total. The summed E-state index contributed by atoms with van der Waals surface area (Å²) in [5, 5.41) is 27.2. The zero-order chi connectivity index (χ0) is 21.3. The van der Waals surface area contributed by atoms with E-state index in [0.717, 1.165) is 0 Å². The van der Waals surface area contributed by atoms with Gasteiger partial charge in [-0.1, -0.05) is 12.1 Å². The van der Waals surface area contributed by atoms with Crippen LogP contribution in [0.4, 0.5) is 11.4 Å². The van der Waals surface area contributed by atoms with Gasteiger partial charge in [-0.2, -0.15) is 10.4 Å². The zero-order valence-corrected chi connectivity index (χ0v) is 15.7. The van der Waals surface area contributed by atoms with Crippen molar-refractivity contribution >= 4 is 22.3 Å². The Morgan fingerprint density at radius 1 is 1.00 bits per heavy atom. The number of aromatic amines is 2. The number of nitrogens with zero attached hydrogens (tertiary/aromatic N) is 4. The predicted octanol–water partition coefficient (Wildman–Crippen LogP) is 3.58. The Morgan fingerprint density at radius 3 is 2.47 bits per heavy atom. The second kappa shape index (κ2) is 7.44. The highest BCUT2D eigenvalue weighted by atomic mass is 16.3. The van der Waals surface area contributed by atoms with Gasteiger partial charge in [0.15, 0.2) is 5.69 Å². The van der Waals surface area contributed by atoms with Crippen LogP contribution in [0, 0.1) is 18.3 Å². The molecular formula is C21H14N6O3. The van der Waals surface area contributed by atoms with Crippen LogP contribution in [-0.2, 0) is 0 Å². The maximum Gasteiger partial charge on any atom is 0.278 e. The van der Waals surface area contributed by atoms with Gasteiger partial charge in [-0.3, -0.25) is 14.6 Å². The molecule has 0 saturated carbocycles. The lowest BCUT2D eigenvalue weighted by molar-refractivity contribution is 0.449. The minimum absolute atomic E-state index is 0.0612. The lowest BCUT2D eigenvalue weighted by Crippen LogP contribution is -2.09. The molecule has 0 fully saturated rings. The highest BCUT2D eigenvalue weighted by Crippen LogP contribution is 2.25. The van der Waals surface area contributed by atoms with Crippen molar-refractivity contribution in [1.82, 2.24) is 15.0 Å². The molecule has 0 radical (unpaired) electrons. The van der Waals surface area contributed by atoms with Crippen LogP contribution in [0.2, 0.25) is 0 Å². The number of aromatic hydroxyl groups is 1. The molecule has 0 amide bonds. The molecule has 30 heavy (non-hydrogen) atoms. The number of hydrogen-bond donors (Lipinski definition) is 3. The molecule has 2 aromatic carbocycles. The molecule has 2 heterocycles. The molecule has 4 rings (SSSR count). The minimum Gasteiger partial charge on any atom is -0.494 e. The lowest BCUT2D eigenvalue weighted by atomic mass is 10.1. The molecule has 4 aromatic rings. The number of pyridine rings is 1. The Labute approximate surface area is 169 Å². The fourth-order valence-corrected chi connectivity index (χ4v) is 2.97. The van der Waals surface area contributed by atoms with Gasteiger partial charge in [0.05, 0.1) is 16.6 Å². The summed E-state index contributed by atoms with van der Waals surface area (Å²) in [4.78, 5) is 33.6. The van der Waals surface area contributed by atoms with Crippen molar-refractivity contribution in [3.63, 3.8) is 0 Å². The first-order valence-corrected chi connectivity index (χ1v) is 8.85. The van der Waals surface area contributed by atoms with Gasteiger partial charge < -0.3 is 10.1 Å². The van der Waals surface area contributed by atoms with Gasteiger partial charge in [0.1, 0.15) is 17.5 Å². The standard InChI is InChI=1S/C21H14N6O3/c1-11-15(10-22)20(29)25-21(30)17(11)27-26-13-8-6-12(7-9-13)18-23-16-5-3-2-4-14(16)19(28)24-18/h2-9H,1H3,(H,23,24,28)(H2,25,29,30). The number of fused-ring (bicyclic) bond motifs is 1. The van der Waals surface area contributed by atoms with Crippen LogP contribution in [0.3, 0.4) is 0 Å². The first kappa shape index (κ1) is 18.8. The molecule has 9 heteroatoms. The number of hydrogen-bond acceptors (Lipinski definition) is 7. The van der Waals surface area contributed by atoms with Gasteiger partial charge in [-0.25, -0.2) is 4.98 Å². The number of H-pyrrole nitrogens is 2. The van der Waals surface area contributed by atoms with Crippen molar-refractivity contribution in [1.29, 1.82) is 5.26 Å². The Hall–Kier alpha value is -4.58. The Kier molecular flexibility index (Phi) is 4.66. The summed E-state index contributed by atoms with van der Waals surface area (Å²) in [7, 11) is 0. The van der Waals surface area contributed by atoms with Gasteiger partial charge in [-0.05, 0) is 43.3 Å². The van der Waals surface area contributed by atoms with Gasteiger partial charge in [-0.15, -0.1) is 5.11 Å². The van der Waals surface area contributed by atoms with E-state index in [1.54, 1.807) is 42.5 Å². The number of benzene rings is 2. The molecule has 0 aliphatic heterocycles. The van der Waals surface area contributed by atoms with E-state index in [4.69, 9.17) is 5.26 Å². The third-order valence-corrected chi connectivity index (χ3v) is 4.54. The summed E-state index contributed by atoms with van der Waals surface area (Å²) in [6.07, 6.45) is 0. The van der Waals surface area contributed by atoms with Gasteiger partial charge >= 0.3 is 0 Å². The third kappa shape index (κ3) is 3.33. The second-order valence-electron chi connectivity index (χ2n) is 6.44. The van der Waals surface area contributed by atoms with Crippen molar-refractivity contribution < 1.29 is 5.11 Å². The summed E-state index contributed by atoms with van der Waals surface area (Å²) in [5.74, 6) is -0.0770. The van der Waals surface area contributed by atoms with Crippen molar-refractivity contribution in [2.45, 2.75) is 6.92 Å². The molecule has 0 spiro atoms. The molecule has 0 saturated heterocycles. The molecule has 0 bridgehead atoms. The number of azo groups is 1. The number of nitrogens with one attached hydrogen (secondary N) is 2. The van der Waals surface area contributed by atoms with E-state index in [-0.39, 0.29) is 22.4 Å². The van der Waals surface area contributed by atoms with E-state index < -0.39 is 11.4 Å². The number of aromatic nitrogens is 3. The van der Waals surface area contributed by atoms with E-state index in [2.05, 4.69) is 25.2 Å². The van der Waals surface area contributed by atoms with E-state index in [0.29, 0.717) is 28.0 Å². The lowest BCUT2D eigenvalue weighted by Gasteiger charge is -2.04. The SMILES string of the molecule is Cc1c(C#N)c(O)[nH]c(=O)c1N=Nc1ccc(-c2nc3ccccc3c(=O)[nH]2)cc1. The van der Waals surface area contributed by atoms with Crippen molar-refractivity contribution in [2.75, 3.05) is 0 Å². The van der Waals surface area contributed by atoms with Crippen LogP contribution in [0.15, 0.2) is 68.3 Å². The molecule has 9 nitrogen and oxygen atoms in total. The first-order valence-electron chi connectivity index (χ1n) is 8.85. The van der Waals surface area contributed by atoms with Crippen LogP contribution in [0.1, 0.15) is 11.1 Å². The van der Waals surface area contributed by atoms with Crippen molar-refractivity contribution in [3.05, 3.63) is 80.4 Å². The van der Waals surface area contributed by atoms with E-state index in [1.807, 2.05) is 12.1 Å². The second-order valence-corrected chi connectivity index (χ2v) is 6.44. The monoisotopic (exact) mass is 398 g/mol.